The van der Waals surface area contributed by atoms with Crippen LogP contribution >= 0.6 is 0 Å². The smallest absolute Gasteiger partial charge is 0.265 e. The summed E-state index contributed by atoms with van der Waals surface area (Å²) in [4.78, 5) is 17.4. The van der Waals surface area contributed by atoms with Crippen molar-refractivity contribution in [1.29, 1.82) is 0 Å². The number of carbonyl (C=O) groups excluding carboxylic acids is 1. The molecule has 0 aliphatic heterocycles. The third kappa shape index (κ3) is 2.95. The number of aryl methyl sites for hydroxylation is 1. The molecule has 1 heterocycles. The molecule has 1 atom stereocenters. The Morgan fingerprint density at radius 1 is 1.33 bits per heavy atom. The first-order valence-electron chi connectivity index (χ1n) is 9.33. The highest BCUT2D eigenvalue weighted by molar-refractivity contribution is 5.98. The molecule has 0 radical (unpaired) electrons. The van der Waals surface area contributed by atoms with Gasteiger partial charge in [-0.1, -0.05) is 13.0 Å². The van der Waals surface area contributed by atoms with Crippen molar-refractivity contribution in [3.8, 4) is 0 Å². The average Bonchev–Trinajstić information content (AvgIpc) is 3.28. The maximum Gasteiger partial charge on any atom is 0.265 e. The molecule has 1 saturated carbocycles. The zero-order valence-electron chi connectivity index (χ0n) is 14.5. The molecule has 128 valence electrons. The number of nitrogens with two attached hydrogens (primary N) is 1. The minimum atomic E-state index is -0.381. The van der Waals surface area contributed by atoms with Crippen molar-refractivity contribution >= 4 is 16.8 Å². The third-order valence-corrected chi connectivity index (χ3v) is 5.68. The Labute approximate surface area is 143 Å². The van der Waals surface area contributed by atoms with E-state index in [9.17, 15) is 4.79 Å². The summed E-state index contributed by atoms with van der Waals surface area (Å²) < 4.78 is 0. The van der Waals surface area contributed by atoms with Gasteiger partial charge < -0.3 is 10.7 Å². The SMILES string of the molecule is CCCN(CC1CC1)[C@H]1CCc2ccc3[nH]c(C(N)=O)cc3c2C1. The number of hydrogen-bond acceptors (Lipinski definition) is 2. The number of hydrogen-bond donors (Lipinski definition) is 2. The first-order valence-corrected chi connectivity index (χ1v) is 9.33. The Bertz CT molecular complexity index is 760. The van der Waals surface area contributed by atoms with E-state index in [1.54, 1.807) is 0 Å². The van der Waals surface area contributed by atoms with Crippen molar-refractivity contribution in [2.75, 3.05) is 13.1 Å². The zero-order chi connectivity index (χ0) is 16.7. The maximum absolute atomic E-state index is 11.5. The van der Waals surface area contributed by atoms with Gasteiger partial charge in [0.15, 0.2) is 0 Å². The van der Waals surface area contributed by atoms with E-state index in [-0.39, 0.29) is 5.91 Å². The van der Waals surface area contributed by atoms with E-state index in [1.165, 1.54) is 55.3 Å². The van der Waals surface area contributed by atoms with E-state index in [1.807, 2.05) is 6.07 Å². The largest absolute Gasteiger partial charge is 0.364 e. The number of rotatable bonds is 6. The minimum absolute atomic E-state index is 0.381. The van der Waals surface area contributed by atoms with Crippen LogP contribution in [0, 0.1) is 5.92 Å². The molecule has 2 aliphatic rings. The van der Waals surface area contributed by atoms with Gasteiger partial charge in [0.05, 0.1) is 0 Å². The van der Waals surface area contributed by atoms with Gasteiger partial charge in [0, 0.05) is 23.5 Å². The van der Waals surface area contributed by atoms with Gasteiger partial charge in [0.1, 0.15) is 5.69 Å². The number of aromatic nitrogens is 1. The highest BCUT2D eigenvalue weighted by Gasteiger charge is 2.30. The zero-order valence-corrected chi connectivity index (χ0v) is 14.5. The molecule has 0 spiro atoms. The summed E-state index contributed by atoms with van der Waals surface area (Å²) in [7, 11) is 0. The molecule has 24 heavy (non-hydrogen) atoms. The Morgan fingerprint density at radius 2 is 2.17 bits per heavy atom. The second-order valence-corrected chi connectivity index (χ2v) is 7.55. The fourth-order valence-corrected chi connectivity index (χ4v) is 4.23. The van der Waals surface area contributed by atoms with Crippen LogP contribution in [0.25, 0.3) is 10.9 Å². The fraction of sp³-hybridized carbons (Fsp3) is 0.550. The van der Waals surface area contributed by atoms with Gasteiger partial charge in [-0.05, 0) is 74.2 Å². The van der Waals surface area contributed by atoms with E-state index in [2.05, 4.69) is 28.9 Å². The van der Waals surface area contributed by atoms with Crippen molar-refractivity contribution in [3.05, 3.63) is 35.0 Å². The van der Waals surface area contributed by atoms with Gasteiger partial charge in [0.2, 0.25) is 0 Å². The van der Waals surface area contributed by atoms with Crippen LogP contribution in [0.3, 0.4) is 0 Å². The van der Waals surface area contributed by atoms with Crippen LogP contribution < -0.4 is 5.73 Å². The second kappa shape index (κ2) is 6.25. The van der Waals surface area contributed by atoms with Crippen LogP contribution in [-0.2, 0) is 12.8 Å². The number of fused-ring (bicyclic) bond motifs is 3. The summed E-state index contributed by atoms with van der Waals surface area (Å²) >= 11 is 0. The minimum Gasteiger partial charge on any atom is -0.364 e. The molecular formula is C20H27N3O. The monoisotopic (exact) mass is 325 g/mol. The van der Waals surface area contributed by atoms with Gasteiger partial charge in [-0.25, -0.2) is 0 Å². The molecule has 4 rings (SSSR count). The number of nitrogens with one attached hydrogen (secondary N) is 1. The van der Waals surface area contributed by atoms with Crippen LogP contribution in [0.2, 0.25) is 0 Å². The van der Waals surface area contributed by atoms with Crippen molar-refractivity contribution in [2.24, 2.45) is 11.7 Å². The lowest BCUT2D eigenvalue weighted by Crippen LogP contribution is -2.41. The predicted molar refractivity (Wildman–Crippen MR) is 97.2 cm³/mol. The van der Waals surface area contributed by atoms with Gasteiger partial charge in [0.25, 0.3) is 5.91 Å². The number of aromatic amines is 1. The number of nitrogens with zero attached hydrogens (tertiary/aromatic N) is 1. The van der Waals surface area contributed by atoms with E-state index in [4.69, 9.17) is 5.73 Å². The number of amides is 1. The quantitative estimate of drug-likeness (QED) is 0.856. The maximum atomic E-state index is 11.5. The molecule has 2 aliphatic carbocycles. The van der Waals surface area contributed by atoms with Crippen LogP contribution in [0.5, 0.6) is 0 Å². The molecule has 0 saturated heterocycles. The predicted octanol–water partition coefficient (Wildman–Crippen LogP) is 3.25. The Morgan fingerprint density at radius 3 is 2.88 bits per heavy atom. The number of H-pyrrole nitrogens is 1. The average molecular weight is 325 g/mol. The van der Waals surface area contributed by atoms with Crippen LogP contribution in [-0.4, -0.2) is 34.9 Å². The molecule has 4 nitrogen and oxygen atoms in total. The highest BCUT2D eigenvalue weighted by atomic mass is 16.1. The highest BCUT2D eigenvalue weighted by Crippen LogP contribution is 2.34. The summed E-state index contributed by atoms with van der Waals surface area (Å²) in [5, 5.41) is 1.19. The van der Waals surface area contributed by atoms with Crippen LogP contribution in [0.15, 0.2) is 18.2 Å². The normalized spacial score (nSPS) is 20.5. The molecule has 1 aromatic carbocycles. The lowest BCUT2D eigenvalue weighted by Gasteiger charge is -2.35. The molecule has 0 bridgehead atoms. The van der Waals surface area contributed by atoms with Crippen molar-refractivity contribution in [2.45, 2.75) is 51.5 Å². The van der Waals surface area contributed by atoms with Crippen LogP contribution in [0.1, 0.15) is 54.2 Å². The number of primary amides is 1. The van der Waals surface area contributed by atoms with Gasteiger partial charge in [-0.3, -0.25) is 9.69 Å². The van der Waals surface area contributed by atoms with Gasteiger partial charge in [-0.15, -0.1) is 0 Å². The molecule has 2 aromatic rings. The van der Waals surface area contributed by atoms with Crippen LogP contribution in [0.4, 0.5) is 0 Å². The second-order valence-electron chi connectivity index (χ2n) is 7.55. The Balaban J connectivity index is 1.64. The topological polar surface area (TPSA) is 62.1 Å². The molecule has 0 unspecified atom stereocenters. The Hall–Kier alpha value is -1.81. The Kier molecular flexibility index (Phi) is 4.09. The lowest BCUT2D eigenvalue weighted by molar-refractivity contribution is 0.0996. The molecule has 4 heteroatoms. The van der Waals surface area contributed by atoms with Crippen molar-refractivity contribution in [3.63, 3.8) is 0 Å². The van der Waals surface area contributed by atoms with E-state index in [0.717, 1.165) is 24.3 Å². The van der Waals surface area contributed by atoms with E-state index in [0.29, 0.717) is 11.7 Å². The first kappa shape index (κ1) is 15.7. The summed E-state index contributed by atoms with van der Waals surface area (Å²) in [6.07, 6.45) is 7.52. The van der Waals surface area contributed by atoms with E-state index >= 15 is 0 Å². The van der Waals surface area contributed by atoms with E-state index < -0.39 is 0 Å². The molecule has 1 fully saturated rings. The third-order valence-electron chi connectivity index (χ3n) is 5.68. The van der Waals surface area contributed by atoms with Crippen molar-refractivity contribution in [1.82, 2.24) is 9.88 Å². The summed E-state index contributed by atoms with van der Waals surface area (Å²) in [6.45, 7) is 4.75. The summed E-state index contributed by atoms with van der Waals surface area (Å²) in [5.74, 6) is 0.552. The number of benzene rings is 1. The van der Waals surface area contributed by atoms with Crippen molar-refractivity contribution < 1.29 is 4.79 Å². The molecule has 1 amide bonds. The fourth-order valence-electron chi connectivity index (χ4n) is 4.23. The summed E-state index contributed by atoms with van der Waals surface area (Å²) in [6, 6.07) is 6.90. The molecular weight excluding hydrogens is 298 g/mol. The molecule has 1 aromatic heterocycles. The molecule has 3 N–H and O–H groups in total. The van der Waals surface area contributed by atoms with Gasteiger partial charge in [-0.2, -0.15) is 0 Å². The van der Waals surface area contributed by atoms with Gasteiger partial charge >= 0.3 is 0 Å². The standard InChI is InChI=1S/C20H27N3O/c1-2-9-23(12-13-3-4-13)15-7-5-14-6-8-18-17(16(14)10-15)11-19(22-18)20(21)24/h6,8,11,13,15,22H,2-5,7,9-10,12H2,1H3,(H2,21,24)/t15-/m0/s1. The first-order chi connectivity index (χ1) is 11.7. The lowest BCUT2D eigenvalue weighted by atomic mass is 9.85. The number of carbonyl (C=O) groups is 1. The summed E-state index contributed by atoms with van der Waals surface area (Å²) in [5.41, 5.74) is 9.87.